The van der Waals surface area contributed by atoms with Crippen molar-refractivity contribution < 1.29 is 9.59 Å². The molecule has 2 N–H and O–H groups in total. The molecule has 1 saturated heterocycles. The van der Waals surface area contributed by atoms with Crippen LogP contribution in [0, 0.1) is 0 Å². The molecule has 2 aromatic carbocycles. The number of urea groups is 1. The van der Waals surface area contributed by atoms with Gasteiger partial charge in [0.25, 0.3) is 0 Å². The van der Waals surface area contributed by atoms with Crippen LogP contribution in [-0.2, 0) is 11.3 Å². The molecule has 1 aliphatic rings. The van der Waals surface area contributed by atoms with Crippen LogP contribution in [0.2, 0.25) is 0 Å². The second kappa shape index (κ2) is 10.9. The van der Waals surface area contributed by atoms with Gasteiger partial charge < -0.3 is 25.0 Å². The monoisotopic (exact) mass is 460 g/mol. The van der Waals surface area contributed by atoms with Crippen molar-refractivity contribution in [3.8, 4) is 0 Å². The number of piperazine rings is 1. The Morgan fingerprint density at radius 3 is 2.50 bits per heavy atom. The van der Waals surface area contributed by atoms with Crippen molar-refractivity contribution in [3.05, 3.63) is 78.4 Å². The molecule has 0 aliphatic carbocycles. The Labute approximate surface area is 200 Å². The normalized spacial score (nSPS) is 13.7. The number of para-hydroxylation sites is 1. The van der Waals surface area contributed by atoms with Gasteiger partial charge in [-0.05, 0) is 29.8 Å². The zero-order valence-corrected chi connectivity index (χ0v) is 19.8. The maximum Gasteiger partial charge on any atom is 0.319 e. The molecule has 0 radical (unpaired) electrons. The number of hydrogen-bond acceptors (Lipinski definition) is 4. The lowest BCUT2D eigenvalue weighted by Crippen LogP contribution is -2.51. The van der Waals surface area contributed by atoms with Gasteiger partial charge in [0.2, 0.25) is 5.91 Å². The average Bonchev–Trinajstić information content (AvgIpc) is 3.32. The van der Waals surface area contributed by atoms with Gasteiger partial charge in [0.15, 0.2) is 0 Å². The first-order valence-corrected chi connectivity index (χ1v) is 11.7. The molecule has 8 nitrogen and oxygen atoms in total. The van der Waals surface area contributed by atoms with Crippen molar-refractivity contribution in [1.82, 2.24) is 19.8 Å². The van der Waals surface area contributed by atoms with Crippen molar-refractivity contribution in [2.24, 2.45) is 0 Å². The molecule has 0 atom stereocenters. The summed E-state index contributed by atoms with van der Waals surface area (Å²) >= 11 is 0. The molecule has 1 aromatic heterocycles. The van der Waals surface area contributed by atoms with Crippen LogP contribution in [0.15, 0.2) is 67.0 Å². The maximum atomic E-state index is 12.6. The molecule has 4 rings (SSSR count). The third-order valence-corrected chi connectivity index (χ3v) is 5.96. The summed E-state index contributed by atoms with van der Waals surface area (Å²) in [6.45, 7) is 7.74. The van der Waals surface area contributed by atoms with Gasteiger partial charge in [-0.25, -0.2) is 9.78 Å². The highest BCUT2D eigenvalue weighted by molar-refractivity contribution is 5.92. The molecule has 34 heavy (non-hydrogen) atoms. The maximum absolute atomic E-state index is 12.6. The third kappa shape index (κ3) is 5.95. The van der Waals surface area contributed by atoms with E-state index in [1.165, 1.54) is 5.69 Å². The Morgan fingerprint density at radius 2 is 1.76 bits per heavy atom. The predicted molar refractivity (Wildman–Crippen MR) is 134 cm³/mol. The van der Waals surface area contributed by atoms with E-state index in [4.69, 9.17) is 0 Å². The van der Waals surface area contributed by atoms with E-state index in [1.807, 2.05) is 54.9 Å². The molecular formula is C26H32N6O2. The highest BCUT2D eigenvalue weighted by Gasteiger charge is 2.21. The van der Waals surface area contributed by atoms with E-state index in [0.717, 1.165) is 24.5 Å². The Kier molecular flexibility index (Phi) is 7.47. The van der Waals surface area contributed by atoms with E-state index < -0.39 is 0 Å². The number of anilines is 2. The van der Waals surface area contributed by atoms with E-state index in [1.54, 1.807) is 4.90 Å². The van der Waals surface area contributed by atoms with Gasteiger partial charge in [-0.3, -0.25) is 4.79 Å². The van der Waals surface area contributed by atoms with Crippen LogP contribution < -0.4 is 15.5 Å². The third-order valence-electron chi connectivity index (χ3n) is 5.96. The summed E-state index contributed by atoms with van der Waals surface area (Å²) in [6, 6.07) is 17.5. The van der Waals surface area contributed by atoms with Crippen LogP contribution in [-0.4, -0.2) is 59.1 Å². The molecule has 0 spiro atoms. The van der Waals surface area contributed by atoms with Crippen LogP contribution in [0.3, 0.4) is 0 Å². The predicted octanol–water partition coefficient (Wildman–Crippen LogP) is 3.53. The number of nitrogens with one attached hydrogen (secondary N) is 2. The number of rotatable bonds is 7. The van der Waals surface area contributed by atoms with E-state index in [2.05, 4.69) is 51.1 Å². The standard InChI is InChI=1S/C26H32N6O2/c1-20(2)25-27-11-12-32(25)19-21-7-6-8-22(17-21)29-26(34)28-18-24(33)31-15-13-30(14-16-31)23-9-4-3-5-10-23/h3-12,17,20H,13-16,18-19H2,1-2H3,(H2,28,29,34). The van der Waals surface area contributed by atoms with Gasteiger partial charge in [-0.15, -0.1) is 0 Å². The number of imidazole rings is 1. The second-order valence-electron chi connectivity index (χ2n) is 8.78. The average molecular weight is 461 g/mol. The second-order valence-corrected chi connectivity index (χ2v) is 8.78. The van der Waals surface area contributed by atoms with Gasteiger partial charge in [0, 0.05) is 62.4 Å². The van der Waals surface area contributed by atoms with Crippen LogP contribution >= 0.6 is 0 Å². The van der Waals surface area contributed by atoms with E-state index in [-0.39, 0.29) is 18.5 Å². The summed E-state index contributed by atoms with van der Waals surface area (Å²) < 4.78 is 2.11. The van der Waals surface area contributed by atoms with Gasteiger partial charge in [0.1, 0.15) is 5.82 Å². The Morgan fingerprint density at radius 1 is 1.00 bits per heavy atom. The van der Waals surface area contributed by atoms with Crippen molar-refractivity contribution in [1.29, 1.82) is 0 Å². The van der Waals surface area contributed by atoms with Crippen molar-refractivity contribution >= 4 is 23.3 Å². The quantitative estimate of drug-likeness (QED) is 0.565. The summed E-state index contributed by atoms with van der Waals surface area (Å²) in [6.07, 6.45) is 3.77. The first-order valence-electron chi connectivity index (χ1n) is 11.7. The van der Waals surface area contributed by atoms with Gasteiger partial charge >= 0.3 is 6.03 Å². The minimum absolute atomic E-state index is 0.0242. The van der Waals surface area contributed by atoms with Crippen molar-refractivity contribution in [3.63, 3.8) is 0 Å². The number of benzene rings is 2. The van der Waals surface area contributed by atoms with E-state index in [0.29, 0.717) is 31.2 Å². The number of nitrogens with zero attached hydrogens (tertiary/aromatic N) is 4. The number of carbonyl (C=O) groups excluding carboxylic acids is 2. The Hall–Kier alpha value is -3.81. The molecule has 1 fully saturated rings. The molecule has 8 heteroatoms. The minimum Gasteiger partial charge on any atom is -0.368 e. The smallest absolute Gasteiger partial charge is 0.319 e. The Balaban J connectivity index is 1.24. The van der Waals surface area contributed by atoms with Crippen LogP contribution in [0.5, 0.6) is 0 Å². The molecule has 1 aliphatic heterocycles. The van der Waals surface area contributed by atoms with Crippen molar-refractivity contribution in [2.45, 2.75) is 26.3 Å². The van der Waals surface area contributed by atoms with E-state index in [9.17, 15) is 9.59 Å². The van der Waals surface area contributed by atoms with Gasteiger partial charge in [-0.1, -0.05) is 44.2 Å². The largest absolute Gasteiger partial charge is 0.368 e. The number of carbonyl (C=O) groups is 2. The summed E-state index contributed by atoms with van der Waals surface area (Å²) in [7, 11) is 0. The molecule has 3 amide bonds. The highest BCUT2D eigenvalue weighted by Crippen LogP contribution is 2.17. The zero-order valence-electron chi connectivity index (χ0n) is 19.8. The lowest BCUT2D eigenvalue weighted by molar-refractivity contribution is -0.130. The fourth-order valence-electron chi connectivity index (χ4n) is 4.20. The minimum atomic E-state index is -0.390. The summed E-state index contributed by atoms with van der Waals surface area (Å²) in [5.41, 5.74) is 2.91. The SMILES string of the molecule is CC(C)c1nccn1Cc1cccc(NC(=O)NCC(=O)N2CCN(c3ccccc3)CC2)c1. The molecule has 178 valence electrons. The summed E-state index contributed by atoms with van der Waals surface area (Å²) in [4.78, 5) is 33.5. The molecule has 0 bridgehead atoms. The summed E-state index contributed by atoms with van der Waals surface area (Å²) in [5.74, 6) is 1.29. The van der Waals surface area contributed by atoms with Crippen LogP contribution in [0.4, 0.5) is 16.2 Å². The fraction of sp³-hybridized carbons (Fsp3) is 0.346. The molecule has 0 unspecified atom stereocenters. The molecule has 0 saturated carbocycles. The summed E-state index contributed by atoms with van der Waals surface area (Å²) in [5, 5.41) is 5.52. The van der Waals surface area contributed by atoms with E-state index >= 15 is 0 Å². The van der Waals surface area contributed by atoms with Crippen LogP contribution in [0.25, 0.3) is 0 Å². The lowest BCUT2D eigenvalue weighted by atomic mass is 10.1. The number of aromatic nitrogens is 2. The highest BCUT2D eigenvalue weighted by atomic mass is 16.2. The van der Waals surface area contributed by atoms with Crippen molar-refractivity contribution in [2.75, 3.05) is 42.9 Å². The lowest BCUT2D eigenvalue weighted by Gasteiger charge is -2.36. The first-order chi connectivity index (χ1) is 16.5. The number of amides is 3. The van der Waals surface area contributed by atoms with Crippen LogP contribution in [0.1, 0.15) is 31.2 Å². The van der Waals surface area contributed by atoms with Gasteiger partial charge in [0.05, 0.1) is 6.54 Å². The molecule has 3 aromatic rings. The molecular weight excluding hydrogens is 428 g/mol. The first kappa shape index (κ1) is 23.4. The molecule has 2 heterocycles. The topological polar surface area (TPSA) is 82.5 Å². The Bertz CT molecular complexity index is 1100. The fourth-order valence-corrected chi connectivity index (χ4v) is 4.20. The zero-order chi connectivity index (χ0) is 23.9. The van der Waals surface area contributed by atoms with Gasteiger partial charge in [-0.2, -0.15) is 0 Å². The number of hydrogen-bond donors (Lipinski definition) is 2.